The lowest BCUT2D eigenvalue weighted by Gasteiger charge is -2.48. The van der Waals surface area contributed by atoms with Crippen molar-refractivity contribution in [2.24, 2.45) is 10.2 Å². The molecular formula is C25H26F2N6O. The van der Waals surface area contributed by atoms with Gasteiger partial charge in [0.25, 0.3) is 11.8 Å². The fourth-order valence-electron chi connectivity index (χ4n) is 5.81. The number of hydrogen-bond acceptors (Lipinski definition) is 5. The largest absolute Gasteiger partial charge is 0.362 e. The zero-order valence-corrected chi connectivity index (χ0v) is 19.3. The molecule has 0 saturated heterocycles. The molecule has 2 N–H and O–H groups in total. The maximum Gasteiger partial charge on any atom is 0.272 e. The quantitative estimate of drug-likeness (QED) is 0.693. The Morgan fingerprint density at radius 2 is 2.03 bits per heavy atom. The number of rotatable bonds is 4. The van der Waals surface area contributed by atoms with Gasteiger partial charge in [-0.2, -0.15) is 15.3 Å². The predicted octanol–water partition coefficient (Wildman–Crippen LogP) is 4.61. The lowest BCUT2D eigenvalue weighted by Crippen LogP contribution is -2.58. The zero-order valence-electron chi connectivity index (χ0n) is 19.3. The van der Waals surface area contributed by atoms with Crippen LogP contribution in [0.3, 0.4) is 0 Å². The van der Waals surface area contributed by atoms with E-state index in [0.29, 0.717) is 24.1 Å². The van der Waals surface area contributed by atoms with E-state index in [0.717, 1.165) is 22.4 Å². The van der Waals surface area contributed by atoms with Crippen molar-refractivity contribution >= 4 is 5.91 Å². The molecule has 0 bridgehead atoms. The minimum absolute atomic E-state index is 0.111. The van der Waals surface area contributed by atoms with Gasteiger partial charge < -0.3 is 10.6 Å². The first-order valence-electron chi connectivity index (χ1n) is 11.6. The standard InChI is InChI=1S/C25H26F2N6O/c1-4-24(16-13-28-32-21(16)30-17-11-23(2,3)31-22(34)20(17)24)15-7-5-6-14(10-15)18-8-9-29-33(18)19-12-25(19,26)27/h5-10,13,19,21,30H,4,11-12H2,1-3H3,(H,31,34)/t19?,21?,24-/m0/s1. The van der Waals surface area contributed by atoms with E-state index in [2.05, 4.69) is 32.9 Å². The molecule has 0 spiro atoms. The van der Waals surface area contributed by atoms with Gasteiger partial charge in [-0.3, -0.25) is 9.48 Å². The Balaban J connectivity index is 1.52. The molecule has 2 aromatic rings. The van der Waals surface area contributed by atoms with Gasteiger partial charge in [0.05, 0.1) is 22.9 Å². The van der Waals surface area contributed by atoms with Crippen molar-refractivity contribution in [1.29, 1.82) is 0 Å². The average Bonchev–Trinajstić information content (AvgIpc) is 3.18. The smallest absolute Gasteiger partial charge is 0.272 e. The summed E-state index contributed by atoms with van der Waals surface area (Å²) in [6.45, 7) is 6.06. The number of halogens is 2. The number of nitrogens with one attached hydrogen (secondary N) is 2. The molecule has 3 aliphatic heterocycles. The average molecular weight is 465 g/mol. The Hall–Kier alpha value is -3.36. The summed E-state index contributed by atoms with van der Waals surface area (Å²) in [5, 5.41) is 19.4. The molecule has 3 atom stereocenters. The second-order valence-electron chi connectivity index (χ2n) is 10.2. The Labute approximate surface area is 196 Å². The molecule has 2 unspecified atom stereocenters. The Morgan fingerprint density at radius 1 is 1.24 bits per heavy atom. The first-order valence-corrected chi connectivity index (χ1v) is 11.6. The summed E-state index contributed by atoms with van der Waals surface area (Å²) in [4.78, 5) is 13.5. The number of azo groups is 1. The molecule has 1 saturated carbocycles. The van der Waals surface area contributed by atoms with Crippen LogP contribution in [-0.4, -0.2) is 33.3 Å². The van der Waals surface area contributed by atoms with Gasteiger partial charge in [0.15, 0.2) is 6.17 Å². The van der Waals surface area contributed by atoms with Crippen LogP contribution in [-0.2, 0) is 10.2 Å². The lowest BCUT2D eigenvalue weighted by molar-refractivity contribution is -0.120. The van der Waals surface area contributed by atoms with Gasteiger partial charge >= 0.3 is 0 Å². The molecule has 7 nitrogen and oxygen atoms in total. The second-order valence-corrected chi connectivity index (χ2v) is 10.2. The van der Waals surface area contributed by atoms with Gasteiger partial charge in [0, 0.05) is 41.4 Å². The maximum atomic E-state index is 13.8. The van der Waals surface area contributed by atoms with E-state index in [9.17, 15) is 13.6 Å². The van der Waals surface area contributed by atoms with Gasteiger partial charge in [0.1, 0.15) is 6.04 Å². The zero-order chi connectivity index (χ0) is 23.9. The van der Waals surface area contributed by atoms with Gasteiger partial charge in [-0.05, 0) is 38.0 Å². The van der Waals surface area contributed by atoms with Crippen LogP contribution < -0.4 is 10.6 Å². The molecule has 176 valence electrons. The first kappa shape index (κ1) is 21.2. The third-order valence-electron chi connectivity index (χ3n) is 7.44. The summed E-state index contributed by atoms with van der Waals surface area (Å²) in [7, 11) is 0. The minimum atomic E-state index is -2.73. The molecule has 4 heterocycles. The fraction of sp³-hybridized carbons (Fsp3) is 0.440. The van der Waals surface area contributed by atoms with Gasteiger partial charge in [-0.25, -0.2) is 8.78 Å². The topological polar surface area (TPSA) is 83.7 Å². The Morgan fingerprint density at radius 3 is 2.76 bits per heavy atom. The molecular weight excluding hydrogens is 438 g/mol. The van der Waals surface area contributed by atoms with E-state index in [4.69, 9.17) is 0 Å². The van der Waals surface area contributed by atoms with Crippen LogP contribution in [0.15, 0.2) is 69.8 Å². The van der Waals surface area contributed by atoms with Crippen LogP contribution >= 0.6 is 0 Å². The van der Waals surface area contributed by atoms with Gasteiger partial charge in [-0.1, -0.05) is 25.1 Å². The Kier molecular flexibility index (Phi) is 4.26. The molecule has 1 amide bonds. The maximum absolute atomic E-state index is 13.8. The third kappa shape index (κ3) is 2.91. The van der Waals surface area contributed by atoms with Crippen LogP contribution in [0.1, 0.15) is 51.6 Å². The first-order chi connectivity index (χ1) is 16.2. The predicted molar refractivity (Wildman–Crippen MR) is 122 cm³/mol. The van der Waals surface area contributed by atoms with E-state index in [1.807, 2.05) is 38.1 Å². The highest BCUT2D eigenvalue weighted by atomic mass is 19.3. The van der Waals surface area contributed by atoms with Crippen molar-refractivity contribution in [2.45, 2.75) is 69.1 Å². The second kappa shape index (κ2) is 6.84. The molecule has 1 fully saturated rings. The molecule has 0 radical (unpaired) electrons. The molecule has 1 aromatic heterocycles. The number of nitrogens with zero attached hydrogens (tertiary/aromatic N) is 4. The number of aromatic nitrogens is 2. The summed E-state index contributed by atoms with van der Waals surface area (Å²) in [6.07, 6.45) is 4.05. The Bertz CT molecular complexity index is 1310. The summed E-state index contributed by atoms with van der Waals surface area (Å²) in [5.41, 5.74) is 3.70. The summed E-state index contributed by atoms with van der Waals surface area (Å²) in [5.74, 6) is -2.84. The number of benzene rings is 1. The lowest BCUT2D eigenvalue weighted by atomic mass is 9.62. The van der Waals surface area contributed by atoms with Crippen molar-refractivity contribution < 1.29 is 13.6 Å². The van der Waals surface area contributed by atoms with Crippen LogP contribution in [0, 0.1) is 0 Å². The van der Waals surface area contributed by atoms with Crippen LogP contribution in [0.5, 0.6) is 0 Å². The number of fused-ring (bicyclic) bond motifs is 1. The van der Waals surface area contributed by atoms with E-state index in [-0.39, 0.29) is 24.0 Å². The summed E-state index contributed by atoms with van der Waals surface area (Å²) >= 11 is 0. The number of amides is 1. The minimum Gasteiger partial charge on any atom is -0.362 e. The van der Waals surface area contributed by atoms with Crippen LogP contribution in [0.25, 0.3) is 11.3 Å². The van der Waals surface area contributed by atoms with Crippen molar-refractivity contribution in [3.8, 4) is 11.3 Å². The van der Waals surface area contributed by atoms with Gasteiger partial charge in [-0.15, -0.1) is 0 Å². The molecule has 34 heavy (non-hydrogen) atoms. The SMILES string of the molecule is CC[C@]1(c2cccc(-c3ccnn3C3CC3(F)F)c2)C2=CN=NC2NC2=C1C(=O)NC(C)(C)C2. The highest BCUT2D eigenvalue weighted by Gasteiger charge is 2.59. The van der Waals surface area contributed by atoms with E-state index < -0.39 is 17.4 Å². The number of carbonyl (C=O) groups excluding carboxylic acids is 1. The van der Waals surface area contributed by atoms with E-state index >= 15 is 0 Å². The van der Waals surface area contributed by atoms with Gasteiger partial charge in [0.2, 0.25) is 0 Å². The monoisotopic (exact) mass is 464 g/mol. The molecule has 1 aliphatic carbocycles. The summed E-state index contributed by atoms with van der Waals surface area (Å²) < 4.78 is 29.1. The highest BCUT2D eigenvalue weighted by Crippen LogP contribution is 2.54. The number of hydrogen-bond donors (Lipinski definition) is 2. The molecule has 6 rings (SSSR count). The number of carbonyl (C=O) groups is 1. The molecule has 4 aliphatic rings. The van der Waals surface area contributed by atoms with Crippen LogP contribution in [0.4, 0.5) is 8.78 Å². The molecule has 9 heteroatoms. The third-order valence-corrected chi connectivity index (χ3v) is 7.44. The van der Waals surface area contributed by atoms with E-state index in [1.54, 1.807) is 18.5 Å². The molecule has 1 aromatic carbocycles. The summed E-state index contributed by atoms with van der Waals surface area (Å²) in [6, 6.07) is 8.65. The van der Waals surface area contributed by atoms with Crippen molar-refractivity contribution in [3.63, 3.8) is 0 Å². The normalized spacial score (nSPS) is 30.3. The van der Waals surface area contributed by atoms with Crippen molar-refractivity contribution in [3.05, 3.63) is 65.1 Å². The van der Waals surface area contributed by atoms with Crippen molar-refractivity contribution in [2.75, 3.05) is 0 Å². The van der Waals surface area contributed by atoms with Crippen LogP contribution in [0.2, 0.25) is 0 Å². The number of alkyl halides is 2. The van der Waals surface area contributed by atoms with E-state index in [1.165, 1.54) is 4.68 Å². The fourth-order valence-corrected chi connectivity index (χ4v) is 5.81. The highest BCUT2D eigenvalue weighted by molar-refractivity contribution is 6.00. The van der Waals surface area contributed by atoms with Crippen molar-refractivity contribution in [1.82, 2.24) is 20.4 Å².